The Morgan fingerprint density at radius 1 is 1.33 bits per heavy atom. The molecule has 0 aliphatic carbocycles. The van der Waals surface area contributed by atoms with Crippen molar-refractivity contribution in [2.24, 2.45) is 0 Å². The summed E-state index contributed by atoms with van der Waals surface area (Å²) in [4.78, 5) is 15.7. The zero-order valence-electron chi connectivity index (χ0n) is 12.3. The lowest BCUT2D eigenvalue weighted by Gasteiger charge is -2.12. The quantitative estimate of drug-likeness (QED) is 0.884. The molecule has 2 aromatic rings. The number of benzene rings is 1. The number of hydrogen-bond donors (Lipinski definition) is 2. The number of carbonyl (C=O) groups is 1. The third-order valence-electron chi connectivity index (χ3n) is 3.15. The maximum atomic E-state index is 11.4. The molecule has 0 bridgehead atoms. The molecule has 1 aromatic carbocycles. The highest BCUT2D eigenvalue weighted by molar-refractivity contribution is 5.94. The van der Waals surface area contributed by atoms with E-state index in [4.69, 9.17) is 4.74 Å². The molecule has 5 nitrogen and oxygen atoms in total. The van der Waals surface area contributed by atoms with Gasteiger partial charge in [-0.2, -0.15) is 0 Å². The van der Waals surface area contributed by atoms with E-state index in [1.54, 1.807) is 20.1 Å². The number of carboxylic acid groups (broad SMARTS) is 1. The fraction of sp³-hybridized carbons (Fsp3) is 0.250. The Labute approximate surface area is 123 Å². The molecule has 2 N–H and O–H groups in total. The Hall–Kier alpha value is -2.56. The number of nitrogens with one attached hydrogen (secondary N) is 1. The Balaban J connectivity index is 2.25. The predicted octanol–water partition coefficient (Wildman–Crippen LogP) is 3.02. The lowest BCUT2D eigenvalue weighted by Crippen LogP contribution is -2.11. The second-order valence-corrected chi connectivity index (χ2v) is 4.81. The third kappa shape index (κ3) is 3.51. The predicted molar refractivity (Wildman–Crippen MR) is 81.0 cm³/mol. The minimum Gasteiger partial charge on any atom is -0.497 e. The number of aryl methyl sites for hydroxylation is 2. The molecule has 0 atom stereocenters. The molecule has 1 heterocycles. The molecule has 0 saturated heterocycles. The number of hydrogen-bond acceptors (Lipinski definition) is 4. The Morgan fingerprint density at radius 3 is 2.76 bits per heavy atom. The van der Waals surface area contributed by atoms with E-state index in [2.05, 4.69) is 10.3 Å². The summed E-state index contributed by atoms with van der Waals surface area (Å²) in [7, 11) is 1.61. The summed E-state index contributed by atoms with van der Waals surface area (Å²) >= 11 is 0. The highest BCUT2D eigenvalue weighted by atomic mass is 16.5. The van der Waals surface area contributed by atoms with Crippen molar-refractivity contribution in [3.05, 3.63) is 52.7 Å². The lowest BCUT2D eigenvalue weighted by atomic mass is 10.1. The largest absolute Gasteiger partial charge is 0.497 e. The van der Waals surface area contributed by atoms with Gasteiger partial charge in [0.2, 0.25) is 0 Å². The summed E-state index contributed by atoms with van der Waals surface area (Å²) in [5, 5.41) is 12.4. The molecule has 1 aromatic heterocycles. The van der Waals surface area contributed by atoms with Crippen LogP contribution in [-0.2, 0) is 6.54 Å². The van der Waals surface area contributed by atoms with Gasteiger partial charge in [-0.05, 0) is 43.2 Å². The maximum absolute atomic E-state index is 11.4. The van der Waals surface area contributed by atoms with Crippen LogP contribution in [0.3, 0.4) is 0 Å². The number of rotatable bonds is 5. The van der Waals surface area contributed by atoms with Crippen molar-refractivity contribution in [1.82, 2.24) is 4.98 Å². The Morgan fingerprint density at radius 2 is 2.10 bits per heavy atom. The minimum absolute atomic E-state index is 0.212. The van der Waals surface area contributed by atoms with Crippen LogP contribution in [0.25, 0.3) is 0 Å². The van der Waals surface area contributed by atoms with Crippen LogP contribution in [-0.4, -0.2) is 23.2 Å². The number of ether oxygens (including phenoxy) is 1. The molecule has 21 heavy (non-hydrogen) atoms. The SMILES string of the molecule is COc1cccc(CNc2nc(C)cc(C)c2C(=O)O)c1. The van der Waals surface area contributed by atoms with Crippen LogP contribution in [0.15, 0.2) is 30.3 Å². The normalized spacial score (nSPS) is 10.2. The van der Waals surface area contributed by atoms with Crippen LogP contribution >= 0.6 is 0 Å². The summed E-state index contributed by atoms with van der Waals surface area (Å²) < 4.78 is 5.17. The van der Waals surface area contributed by atoms with Gasteiger partial charge in [0.1, 0.15) is 17.1 Å². The maximum Gasteiger partial charge on any atom is 0.339 e. The molecular formula is C16H18N2O3. The van der Waals surface area contributed by atoms with Gasteiger partial charge in [-0.3, -0.25) is 0 Å². The lowest BCUT2D eigenvalue weighted by molar-refractivity contribution is 0.0697. The van der Waals surface area contributed by atoms with Gasteiger partial charge in [0.15, 0.2) is 0 Å². The average Bonchev–Trinajstić information content (AvgIpc) is 2.44. The molecule has 0 aliphatic rings. The van der Waals surface area contributed by atoms with E-state index in [0.29, 0.717) is 17.9 Å². The Kier molecular flexibility index (Phi) is 4.42. The van der Waals surface area contributed by atoms with Crippen LogP contribution in [0.5, 0.6) is 5.75 Å². The van der Waals surface area contributed by atoms with Gasteiger partial charge in [-0.1, -0.05) is 12.1 Å². The van der Waals surface area contributed by atoms with Gasteiger partial charge in [0.25, 0.3) is 0 Å². The molecular weight excluding hydrogens is 268 g/mol. The van der Waals surface area contributed by atoms with Crippen molar-refractivity contribution < 1.29 is 14.6 Å². The van der Waals surface area contributed by atoms with E-state index in [9.17, 15) is 9.90 Å². The molecule has 0 saturated carbocycles. The summed E-state index contributed by atoms with van der Waals surface area (Å²) in [5.41, 5.74) is 2.68. The summed E-state index contributed by atoms with van der Waals surface area (Å²) in [6.45, 7) is 4.09. The minimum atomic E-state index is -0.979. The van der Waals surface area contributed by atoms with E-state index < -0.39 is 5.97 Å². The van der Waals surface area contributed by atoms with Gasteiger partial charge < -0.3 is 15.2 Å². The monoisotopic (exact) mass is 286 g/mol. The molecule has 0 spiro atoms. The van der Waals surface area contributed by atoms with Crippen molar-refractivity contribution in [1.29, 1.82) is 0 Å². The van der Waals surface area contributed by atoms with E-state index >= 15 is 0 Å². The van der Waals surface area contributed by atoms with Crippen LogP contribution in [0.4, 0.5) is 5.82 Å². The number of methoxy groups -OCH3 is 1. The second-order valence-electron chi connectivity index (χ2n) is 4.81. The molecule has 0 amide bonds. The van der Waals surface area contributed by atoms with E-state index in [1.165, 1.54) is 0 Å². The first-order chi connectivity index (χ1) is 10.0. The first-order valence-electron chi connectivity index (χ1n) is 6.59. The first kappa shape index (κ1) is 14.8. The molecule has 2 rings (SSSR count). The number of carboxylic acids is 1. The van der Waals surface area contributed by atoms with Gasteiger partial charge in [0, 0.05) is 12.2 Å². The zero-order valence-corrected chi connectivity index (χ0v) is 12.3. The molecule has 5 heteroatoms. The molecule has 0 radical (unpaired) electrons. The number of pyridine rings is 1. The van der Waals surface area contributed by atoms with E-state index in [1.807, 2.05) is 31.2 Å². The van der Waals surface area contributed by atoms with Gasteiger partial charge >= 0.3 is 5.97 Å². The van der Waals surface area contributed by atoms with E-state index in [0.717, 1.165) is 17.0 Å². The highest BCUT2D eigenvalue weighted by Gasteiger charge is 2.15. The standard InChI is InChI=1S/C16H18N2O3/c1-10-7-11(2)18-15(14(10)16(19)20)17-9-12-5-4-6-13(8-12)21-3/h4-8H,9H2,1-3H3,(H,17,18)(H,19,20). The second kappa shape index (κ2) is 6.26. The molecule has 0 aliphatic heterocycles. The molecule has 0 unspecified atom stereocenters. The summed E-state index contributed by atoms with van der Waals surface area (Å²) in [5.74, 6) is 0.178. The number of nitrogens with zero attached hydrogens (tertiary/aromatic N) is 1. The number of aromatic carboxylic acids is 1. The van der Waals surface area contributed by atoms with Crippen LogP contribution in [0, 0.1) is 13.8 Å². The van der Waals surface area contributed by atoms with Crippen molar-refractivity contribution in [2.45, 2.75) is 20.4 Å². The van der Waals surface area contributed by atoms with Crippen molar-refractivity contribution in [3.8, 4) is 5.75 Å². The van der Waals surface area contributed by atoms with Crippen LogP contribution < -0.4 is 10.1 Å². The zero-order chi connectivity index (χ0) is 15.4. The number of aromatic nitrogens is 1. The van der Waals surface area contributed by atoms with E-state index in [-0.39, 0.29) is 5.56 Å². The highest BCUT2D eigenvalue weighted by Crippen LogP contribution is 2.20. The Bertz CT molecular complexity index is 669. The van der Waals surface area contributed by atoms with Crippen molar-refractivity contribution in [3.63, 3.8) is 0 Å². The van der Waals surface area contributed by atoms with Gasteiger partial charge in [-0.15, -0.1) is 0 Å². The van der Waals surface area contributed by atoms with Crippen LogP contribution in [0.1, 0.15) is 27.2 Å². The summed E-state index contributed by atoms with van der Waals surface area (Å²) in [6, 6.07) is 9.36. The molecule has 110 valence electrons. The van der Waals surface area contributed by atoms with Crippen LogP contribution in [0.2, 0.25) is 0 Å². The first-order valence-corrected chi connectivity index (χ1v) is 6.59. The van der Waals surface area contributed by atoms with Crippen molar-refractivity contribution in [2.75, 3.05) is 12.4 Å². The van der Waals surface area contributed by atoms with Gasteiger partial charge in [-0.25, -0.2) is 9.78 Å². The summed E-state index contributed by atoms with van der Waals surface area (Å²) in [6.07, 6.45) is 0. The van der Waals surface area contributed by atoms with Crippen molar-refractivity contribution >= 4 is 11.8 Å². The van der Waals surface area contributed by atoms with Gasteiger partial charge in [0.05, 0.1) is 7.11 Å². The average molecular weight is 286 g/mol. The smallest absolute Gasteiger partial charge is 0.339 e. The number of anilines is 1. The topological polar surface area (TPSA) is 71.5 Å². The molecule has 0 fully saturated rings. The third-order valence-corrected chi connectivity index (χ3v) is 3.15. The fourth-order valence-electron chi connectivity index (χ4n) is 2.20. The fourth-order valence-corrected chi connectivity index (χ4v) is 2.20.